The summed E-state index contributed by atoms with van der Waals surface area (Å²) >= 11 is 0. The molecular formula is C32H33N3O6. The van der Waals surface area contributed by atoms with Gasteiger partial charge in [-0.2, -0.15) is 0 Å². The van der Waals surface area contributed by atoms with Gasteiger partial charge in [0.2, 0.25) is 0 Å². The molecule has 4 aromatic carbocycles. The molecule has 0 spiro atoms. The molecule has 0 aromatic heterocycles. The number of para-hydroxylation sites is 2. The largest absolute Gasteiger partial charge is 0.495 e. The Morgan fingerprint density at radius 3 is 2.05 bits per heavy atom. The van der Waals surface area contributed by atoms with Crippen molar-refractivity contribution >= 4 is 34.3 Å². The van der Waals surface area contributed by atoms with Gasteiger partial charge in [-0.15, -0.1) is 0 Å². The average molecular weight is 556 g/mol. The number of piperazine rings is 1. The Balaban J connectivity index is 0.000000585. The number of nitrogens with one attached hydrogen (secondary N) is 1. The second-order valence-electron chi connectivity index (χ2n) is 9.56. The smallest absolute Gasteiger partial charge is 0.414 e. The van der Waals surface area contributed by atoms with Crippen LogP contribution in [0.4, 0.5) is 5.69 Å². The molecule has 0 saturated carbocycles. The van der Waals surface area contributed by atoms with Crippen molar-refractivity contribution in [2.75, 3.05) is 38.2 Å². The van der Waals surface area contributed by atoms with Gasteiger partial charge in [0.25, 0.3) is 5.91 Å². The lowest BCUT2D eigenvalue weighted by molar-refractivity contribution is -0.159. The maximum absolute atomic E-state index is 12.8. The lowest BCUT2D eigenvalue weighted by atomic mass is 10.1. The third kappa shape index (κ3) is 7.83. The molecule has 0 bridgehead atoms. The van der Waals surface area contributed by atoms with Crippen molar-refractivity contribution in [2.24, 2.45) is 0 Å². The molecule has 0 atom stereocenters. The predicted molar refractivity (Wildman–Crippen MR) is 157 cm³/mol. The molecule has 4 aromatic rings. The predicted octanol–water partition coefficient (Wildman–Crippen LogP) is 4.26. The number of nitrogens with zero attached hydrogens (tertiary/aromatic N) is 2. The second kappa shape index (κ2) is 14.0. The number of ether oxygens (including phenoxy) is 1. The molecule has 9 heteroatoms. The highest BCUT2D eigenvalue weighted by molar-refractivity contribution is 6.27. The van der Waals surface area contributed by atoms with Crippen LogP contribution in [0.25, 0.3) is 10.8 Å². The number of carboxylic acids is 2. The molecule has 1 fully saturated rings. The minimum atomic E-state index is -1.82. The molecule has 212 valence electrons. The Morgan fingerprint density at radius 2 is 1.37 bits per heavy atom. The van der Waals surface area contributed by atoms with Crippen LogP contribution in [0, 0.1) is 0 Å². The van der Waals surface area contributed by atoms with Crippen LogP contribution >= 0.6 is 0 Å². The van der Waals surface area contributed by atoms with Gasteiger partial charge in [-0.1, -0.05) is 66.7 Å². The zero-order chi connectivity index (χ0) is 29.2. The van der Waals surface area contributed by atoms with Crippen LogP contribution in [-0.4, -0.2) is 66.2 Å². The molecule has 1 saturated heterocycles. The van der Waals surface area contributed by atoms with Crippen molar-refractivity contribution in [3.05, 3.63) is 108 Å². The zero-order valence-corrected chi connectivity index (χ0v) is 22.8. The standard InChI is InChI=1S/C30H31N3O2.C2H2O4/c1-35-29-13-7-6-12-28(29)33-18-16-32(17-19-33)22-27-11-5-4-10-26(27)21-31-30(34)25-15-14-23-8-2-3-9-24(23)20-25;3-1(4)2(5)6/h2-15,20H,16-19,21-22H2,1H3,(H,31,34);(H,3,4)(H,5,6). The Labute approximate surface area is 238 Å². The number of fused-ring (bicyclic) bond motifs is 1. The first kappa shape index (κ1) is 29.1. The molecule has 0 aliphatic carbocycles. The van der Waals surface area contributed by atoms with E-state index < -0.39 is 11.9 Å². The number of carbonyl (C=O) groups excluding carboxylic acids is 1. The molecule has 5 rings (SSSR count). The maximum atomic E-state index is 12.8. The normalized spacial score (nSPS) is 13.1. The monoisotopic (exact) mass is 555 g/mol. The van der Waals surface area contributed by atoms with E-state index in [-0.39, 0.29) is 5.91 Å². The van der Waals surface area contributed by atoms with Crippen molar-refractivity contribution in [3.8, 4) is 5.75 Å². The number of methoxy groups -OCH3 is 1. The van der Waals surface area contributed by atoms with Crippen molar-refractivity contribution < 1.29 is 29.3 Å². The first-order chi connectivity index (χ1) is 19.9. The number of anilines is 1. The minimum absolute atomic E-state index is 0.0454. The fourth-order valence-electron chi connectivity index (χ4n) is 4.77. The van der Waals surface area contributed by atoms with Crippen LogP contribution in [0.2, 0.25) is 0 Å². The summed E-state index contributed by atoms with van der Waals surface area (Å²) < 4.78 is 5.55. The van der Waals surface area contributed by atoms with E-state index in [1.54, 1.807) is 7.11 Å². The molecule has 1 heterocycles. The van der Waals surface area contributed by atoms with E-state index >= 15 is 0 Å². The summed E-state index contributed by atoms with van der Waals surface area (Å²) in [7, 11) is 1.73. The summed E-state index contributed by atoms with van der Waals surface area (Å²) in [5.41, 5.74) is 4.27. The summed E-state index contributed by atoms with van der Waals surface area (Å²) in [6, 6.07) is 30.6. The van der Waals surface area contributed by atoms with E-state index in [4.69, 9.17) is 24.5 Å². The van der Waals surface area contributed by atoms with E-state index in [1.807, 2.05) is 54.6 Å². The van der Waals surface area contributed by atoms with Crippen LogP contribution < -0.4 is 15.0 Å². The Hall–Kier alpha value is -4.89. The van der Waals surface area contributed by atoms with Gasteiger partial charge in [0.15, 0.2) is 0 Å². The number of rotatable bonds is 7. The summed E-state index contributed by atoms with van der Waals surface area (Å²) in [5.74, 6) is -2.77. The zero-order valence-electron chi connectivity index (χ0n) is 22.8. The fraction of sp³-hybridized carbons (Fsp3) is 0.219. The number of hydrogen-bond acceptors (Lipinski definition) is 6. The van der Waals surface area contributed by atoms with E-state index in [0.29, 0.717) is 12.1 Å². The fourth-order valence-corrected chi connectivity index (χ4v) is 4.77. The Morgan fingerprint density at radius 1 is 0.756 bits per heavy atom. The third-order valence-corrected chi connectivity index (χ3v) is 6.94. The molecule has 1 aliphatic rings. The second-order valence-corrected chi connectivity index (χ2v) is 9.56. The number of hydrogen-bond donors (Lipinski definition) is 3. The highest BCUT2D eigenvalue weighted by atomic mass is 16.5. The summed E-state index contributed by atoms with van der Waals surface area (Å²) in [5, 5.41) is 20.1. The number of carboxylic acid groups (broad SMARTS) is 2. The van der Waals surface area contributed by atoms with Crippen molar-refractivity contribution in [2.45, 2.75) is 13.1 Å². The molecule has 1 aliphatic heterocycles. The number of carbonyl (C=O) groups is 3. The Bertz CT molecular complexity index is 1500. The quantitative estimate of drug-likeness (QED) is 0.290. The van der Waals surface area contributed by atoms with Gasteiger partial charge in [0.1, 0.15) is 5.75 Å². The highest BCUT2D eigenvalue weighted by Crippen LogP contribution is 2.28. The molecule has 41 heavy (non-hydrogen) atoms. The first-order valence-corrected chi connectivity index (χ1v) is 13.3. The third-order valence-electron chi connectivity index (χ3n) is 6.94. The maximum Gasteiger partial charge on any atom is 0.414 e. The lowest BCUT2D eigenvalue weighted by Crippen LogP contribution is -2.46. The van der Waals surface area contributed by atoms with Gasteiger partial charge < -0.3 is 25.2 Å². The number of benzene rings is 4. The van der Waals surface area contributed by atoms with Crippen LogP contribution in [0.5, 0.6) is 5.75 Å². The van der Waals surface area contributed by atoms with Gasteiger partial charge >= 0.3 is 11.9 Å². The van der Waals surface area contributed by atoms with E-state index in [0.717, 1.165) is 60.5 Å². The molecule has 3 N–H and O–H groups in total. The summed E-state index contributed by atoms with van der Waals surface area (Å²) in [6.45, 7) is 5.28. The number of aliphatic carboxylic acids is 2. The summed E-state index contributed by atoms with van der Waals surface area (Å²) in [6.07, 6.45) is 0. The molecule has 0 radical (unpaired) electrons. The van der Waals surface area contributed by atoms with E-state index in [9.17, 15) is 4.79 Å². The average Bonchev–Trinajstić information content (AvgIpc) is 3.01. The highest BCUT2D eigenvalue weighted by Gasteiger charge is 2.20. The van der Waals surface area contributed by atoms with Crippen molar-refractivity contribution in [1.82, 2.24) is 10.2 Å². The van der Waals surface area contributed by atoms with Crippen LogP contribution in [-0.2, 0) is 22.7 Å². The molecule has 0 unspecified atom stereocenters. The van der Waals surface area contributed by atoms with Crippen LogP contribution in [0.3, 0.4) is 0 Å². The van der Waals surface area contributed by atoms with Crippen molar-refractivity contribution in [3.63, 3.8) is 0 Å². The molecule has 9 nitrogen and oxygen atoms in total. The van der Waals surface area contributed by atoms with E-state index in [2.05, 4.69) is 51.5 Å². The Kier molecular flexibility index (Phi) is 9.90. The van der Waals surface area contributed by atoms with Gasteiger partial charge in [-0.05, 0) is 46.2 Å². The van der Waals surface area contributed by atoms with Crippen molar-refractivity contribution in [1.29, 1.82) is 0 Å². The lowest BCUT2D eigenvalue weighted by Gasteiger charge is -2.36. The van der Waals surface area contributed by atoms with Gasteiger partial charge in [0, 0.05) is 44.8 Å². The van der Waals surface area contributed by atoms with Gasteiger partial charge in [-0.3, -0.25) is 9.69 Å². The molecule has 1 amide bonds. The molecular weight excluding hydrogens is 522 g/mol. The topological polar surface area (TPSA) is 119 Å². The van der Waals surface area contributed by atoms with E-state index in [1.165, 1.54) is 5.56 Å². The first-order valence-electron chi connectivity index (χ1n) is 13.3. The van der Waals surface area contributed by atoms with Gasteiger partial charge in [-0.25, -0.2) is 9.59 Å². The number of amides is 1. The van der Waals surface area contributed by atoms with Crippen LogP contribution in [0.15, 0.2) is 91.0 Å². The minimum Gasteiger partial charge on any atom is -0.495 e. The SMILES string of the molecule is COc1ccccc1N1CCN(Cc2ccccc2CNC(=O)c2ccc3ccccc3c2)CC1.O=C(O)C(=O)O. The summed E-state index contributed by atoms with van der Waals surface area (Å²) in [4.78, 5) is 35.9. The van der Waals surface area contributed by atoms with Gasteiger partial charge in [0.05, 0.1) is 12.8 Å². The van der Waals surface area contributed by atoms with Crippen LogP contribution in [0.1, 0.15) is 21.5 Å².